The van der Waals surface area contributed by atoms with E-state index < -0.39 is 0 Å². The lowest BCUT2D eigenvalue weighted by Crippen LogP contribution is -2.31. The Bertz CT molecular complexity index is 417. The van der Waals surface area contributed by atoms with E-state index in [9.17, 15) is 0 Å². The first kappa shape index (κ1) is 16.5. The molecule has 1 aromatic carbocycles. The maximum Gasteiger partial charge on any atom is 0.0332 e. The number of rotatable bonds is 9. The molecule has 0 amide bonds. The molecule has 0 bridgehead atoms. The molecule has 1 aliphatic rings. The third-order valence-corrected chi connectivity index (χ3v) is 4.46. The van der Waals surface area contributed by atoms with E-state index in [1.165, 1.54) is 55.5 Å². The van der Waals surface area contributed by atoms with Crippen molar-refractivity contribution in [2.75, 3.05) is 19.6 Å². The third kappa shape index (κ3) is 5.12. The van der Waals surface area contributed by atoms with Crippen LogP contribution in [-0.2, 0) is 0 Å². The van der Waals surface area contributed by atoms with Crippen LogP contribution in [0, 0.1) is 13.8 Å². The molecule has 0 saturated heterocycles. The van der Waals surface area contributed by atoms with Gasteiger partial charge in [0.2, 0.25) is 0 Å². The van der Waals surface area contributed by atoms with Crippen LogP contribution in [-0.4, -0.2) is 30.6 Å². The molecule has 118 valence electrons. The molecule has 1 fully saturated rings. The number of hydrogen-bond donors (Lipinski definition) is 1. The van der Waals surface area contributed by atoms with Gasteiger partial charge in [0.1, 0.15) is 0 Å². The van der Waals surface area contributed by atoms with Crippen LogP contribution < -0.4 is 5.32 Å². The third-order valence-electron chi connectivity index (χ3n) is 4.46. The molecule has 21 heavy (non-hydrogen) atoms. The normalized spacial score (nSPS) is 16.4. The molecule has 1 aromatic rings. The first-order valence-electron chi connectivity index (χ1n) is 8.69. The van der Waals surface area contributed by atoms with Gasteiger partial charge in [-0.25, -0.2) is 0 Å². The highest BCUT2D eigenvalue weighted by Gasteiger charge is 2.28. The van der Waals surface area contributed by atoms with Gasteiger partial charge in [0.25, 0.3) is 0 Å². The molecular weight excluding hydrogens is 256 g/mol. The highest BCUT2D eigenvalue weighted by molar-refractivity contribution is 5.30. The molecule has 2 rings (SSSR count). The van der Waals surface area contributed by atoms with Gasteiger partial charge in [0.15, 0.2) is 0 Å². The molecule has 0 spiro atoms. The van der Waals surface area contributed by atoms with Crippen LogP contribution in [0.25, 0.3) is 0 Å². The van der Waals surface area contributed by atoms with Gasteiger partial charge in [0, 0.05) is 18.6 Å². The van der Waals surface area contributed by atoms with Gasteiger partial charge >= 0.3 is 0 Å². The molecule has 0 aliphatic heterocycles. The Morgan fingerprint density at radius 1 is 1.14 bits per heavy atom. The highest BCUT2D eigenvalue weighted by Crippen LogP contribution is 2.28. The quantitative estimate of drug-likeness (QED) is 0.732. The Morgan fingerprint density at radius 3 is 2.33 bits per heavy atom. The standard InChI is InChI=1S/C19H32N2/c1-5-10-20-19(9-11-21(6-2)18-7-8-18)17-13-15(3)12-16(4)14-17/h12-14,18-20H,5-11H2,1-4H3. The van der Waals surface area contributed by atoms with Gasteiger partial charge in [-0.2, -0.15) is 0 Å². The van der Waals surface area contributed by atoms with E-state index in [1.807, 2.05) is 0 Å². The number of nitrogens with zero attached hydrogens (tertiary/aromatic N) is 1. The molecule has 0 radical (unpaired) electrons. The lowest BCUT2D eigenvalue weighted by atomic mass is 9.98. The van der Waals surface area contributed by atoms with E-state index in [1.54, 1.807) is 0 Å². The number of benzene rings is 1. The minimum absolute atomic E-state index is 0.497. The summed E-state index contributed by atoms with van der Waals surface area (Å²) in [7, 11) is 0. The summed E-state index contributed by atoms with van der Waals surface area (Å²) in [6.45, 7) is 12.5. The lowest BCUT2D eigenvalue weighted by molar-refractivity contribution is 0.259. The van der Waals surface area contributed by atoms with Crippen molar-refractivity contribution in [3.63, 3.8) is 0 Å². The van der Waals surface area contributed by atoms with Gasteiger partial charge in [-0.15, -0.1) is 0 Å². The largest absolute Gasteiger partial charge is 0.310 e. The SMILES string of the molecule is CCCNC(CCN(CC)C1CC1)c1cc(C)cc(C)c1. The van der Waals surface area contributed by atoms with E-state index in [4.69, 9.17) is 0 Å². The topological polar surface area (TPSA) is 15.3 Å². The minimum atomic E-state index is 0.497. The monoisotopic (exact) mass is 288 g/mol. The molecule has 1 N–H and O–H groups in total. The summed E-state index contributed by atoms with van der Waals surface area (Å²) >= 11 is 0. The van der Waals surface area contributed by atoms with Gasteiger partial charge in [-0.05, 0) is 58.2 Å². The molecule has 0 heterocycles. The van der Waals surface area contributed by atoms with Crippen LogP contribution in [0.2, 0.25) is 0 Å². The van der Waals surface area contributed by atoms with Gasteiger partial charge in [-0.3, -0.25) is 0 Å². The smallest absolute Gasteiger partial charge is 0.0332 e. The summed E-state index contributed by atoms with van der Waals surface area (Å²) in [6.07, 6.45) is 5.23. The molecule has 1 aliphatic carbocycles. The van der Waals surface area contributed by atoms with E-state index in [-0.39, 0.29) is 0 Å². The van der Waals surface area contributed by atoms with Gasteiger partial charge < -0.3 is 10.2 Å². The van der Waals surface area contributed by atoms with Crippen molar-refractivity contribution in [1.82, 2.24) is 10.2 Å². The highest BCUT2D eigenvalue weighted by atomic mass is 15.2. The van der Waals surface area contributed by atoms with Crippen molar-refractivity contribution in [2.24, 2.45) is 0 Å². The van der Waals surface area contributed by atoms with Crippen molar-refractivity contribution < 1.29 is 0 Å². The fourth-order valence-electron chi connectivity index (χ4n) is 3.25. The first-order chi connectivity index (χ1) is 10.1. The van der Waals surface area contributed by atoms with Crippen LogP contribution in [0.3, 0.4) is 0 Å². The zero-order valence-electron chi connectivity index (χ0n) is 14.3. The molecule has 1 unspecified atom stereocenters. The summed E-state index contributed by atoms with van der Waals surface area (Å²) in [6, 6.07) is 8.35. The van der Waals surface area contributed by atoms with Crippen LogP contribution in [0.5, 0.6) is 0 Å². The summed E-state index contributed by atoms with van der Waals surface area (Å²) < 4.78 is 0. The zero-order valence-corrected chi connectivity index (χ0v) is 14.3. The van der Waals surface area contributed by atoms with E-state index in [0.29, 0.717) is 6.04 Å². The Labute approximate surface area is 130 Å². The summed E-state index contributed by atoms with van der Waals surface area (Å²) in [5.41, 5.74) is 4.22. The second-order valence-electron chi connectivity index (χ2n) is 6.58. The van der Waals surface area contributed by atoms with Crippen molar-refractivity contribution >= 4 is 0 Å². The van der Waals surface area contributed by atoms with Crippen molar-refractivity contribution in [3.05, 3.63) is 34.9 Å². The predicted molar refractivity (Wildman–Crippen MR) is 91.8 cm³/mol. The van der Waals surface area contributed by atoms with E-state index in [0.717, 1.165) is 12.6 Å². The first-order valence-corrected chi connectivity index (χ1v) is 8.69. The second-order valence-corrected chi connectivity index (χ2v) is 6.58. The second kappa shape index (κ2) is 7.95. The number of nitrogens with one attached hydrogen (secondary N) is 1. The molecule has 1 atom stereocenters. The minimum Gasteiger partial charge on any atom is -0.310 e. The summed E-state index contributed by atoms with van der Waals surface area (Å²) in [4.78, 5) is 2.66. The van der Waals surface area contributed by atoms with Crippen LogP contribution in [0.4, 0.5) is 0 Å². The molecular formula is C19H32N2. The fourth-order valence-corrected chi connectivity index (χ4v) is 3.25. The number of hydrogen-bond acceptors (Lipinski definition) is 2. The van der Waals surface area contributed by atoms with Crippen LogP contribution in [0.15, 0.2) is 18.2 Å². The summed E-state index contributed by atoms with van der Waals surface area (Å²) in [5, 5.41) is 3.75. The van der Waals surface area contributed by atoms with Crippen molar-refractivity contribution in [1.29, 1.82) is 0 Å². The zero-order chi connectivity index (χ0) is 15.2. The average Bonchev–Trinajstić information content (AvgIpc) is 3.26. The lowest BCUT2D eigenvalue weighted by Gasteiger charge is -2.25. The van der Waals surface area contributed by atoms with Crippen LogP contribution in [0.1, 0.15) is 62.3 Å². The van der Waals surface area contributed by atoms with E-state index in [2.05, 4.69) is 56.1 Å². The van der Waals surface area contributed by atoms with Crippen LogP contribution >= 0.6 is 0 Å². The van der Waals surface area contributed by atoms with Crippen molar-refractivity contribution in [3.8, 4) is 0 Å². The Kier molecular flexibility index (Phi) is 6.25. The van der Waals surface area contributed by atoms with E-state index >= 15 is 0 Å². The average molecular weight is 288 g/mol. The molecule has 2 heteroatoms. The Hall–Kier alpha value is -0.860. The Morgan fingerprint density at radius 2 is 1.81 bits per heavy atom. The fraction of sp³-hybridized carbons (Fsp3) is 0.684. The predicted octanol–water partition coefficient (Wildman–Crippen LogP) is 4.22. The molecule has 0 aromatic heterocycles. The molecule has 2 nitrogen and oxygen atoms in total. The maximum absolute atomic E-state index is 3.75. The van der Waals surface area contributed by atoms with Crippen molar-refractivity contribution in [2.45, 2.75) is 65.5 Å². The Balaban J connectivity index is 2.02. The maximum atomic E-state index is 3.75. The van der Waals surface area contributed by atoms with Gasteiger partial charge in [0.05, 0.1) is 0 Å². The molecule has 1 saturated carbocycles. The summed E-state index contributed by atoms with van der Waals surface area (Å²) in [5.74, 6) is 0. The number of aryl methyl sites for hydroxylation is 2. The van der Waals surface area contributed by atoms with Gasteiger partial charge in [-0.1, -0.05) is 43.2 Å².